The number of primary amides is 1. The van der Waals surface area contributed by atoms with Gasteiger partial charge in [-0.2, -0.15) is 0 Å². The summed E-state index contributed by atoms with van der Waals surface area (Å²) in [6, 6.07) is -0.294. The SMILES string of the molecule is C=CC(C)C(NC)C(N)=O. The van der Waals surface area contributed by atoms with E-state index in [1.807, 2.05) is 6.92 Å². The van der Waals surface area contributed by atoms with Crippen LogP contribution < -0.4 is 11.1 Å². The van der Waals surface area contributed by atoms with Crippen LogP contribution in [0.1, 0.15) is 6.92 Å². The Kier molecular flexibility index (Phi) is 3.72. The third kappa shape index (κ3) is 2.19. The Bertz CT molecular complexity index is 134. The molecule has 0 spiro atoms. The van der Waals surface area contributed by atoms with Crippen molar-refractivity contribution in [2.24, 2.45) is 11.7 Å². The van der Waals surface area contributed by atoms with Gasteiger partial charge in [0, 0.05) is 0 Å². The summed E-state index contributed by atoms with van der Waals surface area (Å²) in [5.74, 6) is -0.252. The lowest BCUT2D eigenvalue weighted by Gasteiger charge is -2.15. The lowest BCUT2D eigenvalue weighted by molar-refractivity contribution is -0.120. The van der Waals surface area contributed by atoms with E-state index >= 15 is 0 Å². The van der Waals surface area contributed by atoms with Crippen LogP contribution in [-0.2, 0) is 4.79 Å². The van der Waals surface area contributed by atoms with E-state index in [0.717, 1.165) is 0 Å². The van der Waals surface area contributed by atoms with Gasteiger partial charge < -0.3 is 11.1 Å². The van der Waals surface area contributed by atoms with Crippen molar-refractivity contribution in [3.63, 3.8) is 0 Å². The molecular weight excluding hydrogens is 128 g/mol. The highest BCUT2D eigenvalue weighted by Gasteiger charge is 2.17. The van der Waals surface area contributed by atoms with E-state index in [1.165, 1.54) is 0 Å². The van der Waals surface area contributed by atoms with Crippen LogP contribution in [0.15, 0.2) is 12.7 Å². The number of nitrogens with two attached hydrogens (primary N) is 1. The van der Waals surface area contributed by atoms with E-state index in [2.05, 4.69) is 11.9 Å². The van der Waals surface area contributed by atoms with Crippen LogP contribution in [-0.4, -0.2) is 19.0 Å². The van der Waals surface area contributed by atoms with Crippen LogP contribution in [0.25, 0.3) is 0 Å². The van der Waals surface area contributed by atoms with Gasteiger partial charge in [-0.25, -0.2) is 0 Å². The molecule has 2 atom stereocenters. The summed E-state index contributed by atoms with van der Waals surface area (Å²) >= 11 is 0. The van der Waals surface area contributed by atoms with Gasteiger partial charge in [0.15, 0.2) is 0 Å². The number of likely N-dealkylation sites (N-methyl/N-ethyl adjacent to an activating group) is 1. The van der Waals surface area contributed by atoms with Gasteiger partial charge in [0.25, 0.3) is 0 Å². The lowest BCUT2D eigenvalue weighted by Crippen LogP contribution is -2.43. The maximum atomic E-state index is 10.6. The molecule has 0 aliphatic rings. The van der Waals surface area contributed by atoms with Crippen LogP contribution >= 0.6 is 0 Å². The predicted molar refractivity (Wildman–Crippen MR) is 41.4 cm³/mol. The Morgan fingerprint density at radius 1 is 1.80 bits per heavy atom. The first kappa shape index (κ1) is 9.17. The maximum Gasteiger partial charge on any atom is 0.235 e. The van der Waals surface area contributed by atoms with Crippen molar-refractivity contribution in [2.75, 3.05) is 7.05 Å². The van der Waals surface area contributed by atoms with E-state index in [4.69, 9.17) is 5.73 Å². The third-order valence-corrected chi connectivity index (χ3v) is 1.52. The molecule has 0 rings (SSSR count). The average Bonchev–Trinajstić information content (AvgIpc) is 1.88. The Labute approximate surface area is 61.3 Å². The monoisotopic (exact) mass is 142 g/mol. The highest BCUT2D eigenvalue weighted by atomic mass is 16.1. The third-order valence-electron chi connectivity index (χ3n) is 1.52. The van der Waals surface area contributed by atoms with E-state index < -0.39 is 0 Å². The van der Waals surface area contributed by atoms with Gasteiger partial charge >= 0.3 is 0 Å². The van der Waals surface area contributed by atoms with Crippen molar-refractivity contribution in [2.45, 2.75) is 13.0 Å². The summed E-state index contributed by atoms with van der Waals surface area (Å²) < 4.78 is 0. The molecule has 0 aromatic heterocycles. The zero-order valence-electron chi connectivity index (χ0n) is 6.42. The summed E-state index contributed by atoms with van der Waals surface area (Å²) in [5.41, 5.74) is 5.07. The Morgan fingerprint density at radius 2 is 2.30 bits per heavy atom. The minimum Gasteiger partial charge on any atom is -0.368 e. The van der Waals surface area contributed by atoms with Crippen molar-refractivity contribution in [3.05, 3.63) is 12.7 Å². The highest BCUT2D eigenvalue weighted by Crippen LogP contribution is 2.01. The van der Waals surface area contributed by atoms with Crippen LogP contribution in [0, 0.1) is 5.92 Å². The van der Waals surface area contributed by atoms with Gasteiger partial charge in [-0.15, -0.1) is 6.58 Å². The zero-order chi connectivity index (χ0) is 8.15. The van der Waals surface area contributed by atoms with Crippen molar-refractivity contribution in [1.29, 1.82) is 0 Å². The second-order valence-electron chi connectivity index (χ2n) is 2.26. The molecule has 58 valence electrons. The largest absolute Gasteiger partial charge is 0.368 e. The van der Waals surface area contributed by atoms with E-state index in [1.54, 1.807) is 13.1 Å². The topological polar surface area (TPSA) is 55.1 Å². The van der Waals surface area contributed by atoms with Gasteiger partial charge in [-0.1, -0.05) is 13.0 Å². The molecule has 0 aromatic carbocycles. The van der Waals surface area contributed by atoms with Gasteiger partial charge in [0.2, 0.25) is 5.91 Å². The molecule has 0 saturated carbocycles. The first-order valence-electron chi connectivity index (χ1n) is 3.22. The van der Waals surface area contributed by atoms with Crippen LogP contribution in [0.2, 0.25) is 0 Å². The van der Waals surface area contributed by atoms with Gasteiger partial charge in [0.05, 0.1) is 6.04 Å². The van der Waals surface area contributed by atoms with Gasteiger partial charge in [0.1, 0.15) is 0 Å². The van der Waals surface area contributed by atoms with E-state index in [9.17, 15) is 4.79 Å². The standard InChI is InChI=1S/C7H14N2O/c1-4-5(2)6(9-3)7(8)10/h4-6,9H,1H2,2-3H3,(H2,8,10). The molecule has 3 nitrogen and oxygen atoms in total. The smallest absolute Gasteiger partial charge is 0.235 e. The zero-order valence-corrected chi connectivity index (χ0v) is 6.42. The minimum atomic E-state index is -0.338. The molecule has 0 fully saturated rings. The fraction of sp³-hybridized carbons (Fsp3) is 0.571. The average molecular weight is 142 g/mol. The van der Waals surface area contributed by atoms with Crippen molar-refractivity contribution >= 4 is 5.91 Å². The number of carbonyl (C=O) groups is 1. The van der Waals surface area contributed by atoms with Crippen molar-refractivity contribution in [1.82, 2.24) is 5.32 Å². The molecule has 0 aliphatic heterocycles. The fourth-order valence-electron chi connectivity index (χ4n) is 0.800. The molecule has 3 heteroatoms. The highest BCUT2D eigenvalue weighted by molar-refractivity contribution is 5.80. The molecule has 0 heterocycles. The number of hydrogen-bond donors (Lipinski definition) is 2. The summed E-state index contributed by atoms with van der Waals surface area (Å²) in [6.07, 6.45) is 1.70. The molecule has 0 bridgehead atoms. The fourth-order valence-corrected chi connectivity index (χ4v) is 0.800. The normalized spacial score (nSPS) is 15.8. The first-order chi connectivity index (χ1) is 4.63. The minimum absolute atomic E-state index is 0.0856. The van der Waals surface area contributed by atoms with Gasteiger partial charge in [-0.05, 0) is 13.0 Å². The Balaban J connectivity index is 4.05. The number of hydrogen-bond acceptors (Lipinski definition) is 2. The number of nitrogens with one attached hydrogen (secondary N) is 1. The number of rotatable bonds is 4. The van der Waals surface area contributed by atoms with Gasteiger partial charge in [-0.3, -0.25) is 4.79 Å². The second kappa shape index (κ2) is 4.06. The number of carbonyl (C=O) groups excluding carboxylic acids is 1. The molecule has 0 saturated heterocycles. The molecular formula is C7H14N2O. The maximum absolute atomic E-state index is 10.6. The summed E-state index contributed by atoms with van der Waals surface area (Å²) in [7, 11) is 1.70. The van der Waals surface area contributed by atoms with E-state index in [0.29, 0.717) is 0 Å². The summed E-state index contributed by atoms with van der Waals surface area (Å²) in [4.78, 5) is 10.6. The molecule has 0 aromatic rings. The van der Waals surface area contributed by atoms with Crippen LogP contribution in [0.5, 0.6) is 0 Å². The van der Waals surface area contributed by atoms with Crippen LogP contribution in [0.4, 0.5) is 0 Å². The van der Waals surface area contributed by atoms with Crippen molar-refractivity contribution in [3.8, 4) is 0 Å². The molecule has 2 unspecified atom stereocenters. The molecule has 3 N–H and O–H groups in total. The summed E-state index contributed by atoms with van der Waals surface area (Å²) in [6.45, 7) is 5.45. The van der Waals surface area contributed by atoms with Crippen LogP contribution in [0.3, 0.4) is 0 Å². The lowest BCUT2D eigenvalue weighted by atomic mass is 10.0. The molecule has 0 aliphatic carbocycles. The van der Waals surface area contributed by atoms with E-state index in [-0.39, 0.29) is 17.9 Å². The predicted octanol–water partition coefficient (Wildman–Crippen LogP) is -0.118. The summed E-state index contributed by atoms with van der Waals surface area (Å²) in [5, 5.41) is 2.81. The first-order valence-corrected chi connectivity index (χ1v) is 3.22. The molecule has 1 amide bonds. The number of amides is 1. The molecule has 10 heavy (non-hydrogen) atoms. The van der Waals surface area contributed by atoms with Crippen molar-refractivity contribution < 1.29 is 4.79 Å². The Hall–Kier alpha value is -0.830. The Morgan fingerprint density at radius 3 is 2.40 bits per heavy atom. The second-order valence-corrected chi connectivity index (χ2v) is 2.26. The molecule has 0 radical (unpaired) electrons. The quantitative estimate of drug-likeness (QED) is 0.538.